The Morgan fingerprint density at radius 1 is 1.47 bits per heavy atom. The molecule has 4 nitrogen and oxygen atoms in total. The smallest absolute Gasteiger partial charge is 0.173 e. The summed E-state index contributed by atoms with van der Waals surface area (Å²) in [7, 11) is 0. The molecule has 0 aromatic heterocycles. The number of ether oxygens (including phenoxy) is 1. The van der Waals surface area contributed by atoms with Crippen molar-refractivity contribution in [3.05, 3.63) is 20.6 Å². The number of nitrogens with zero attached hydrogens (tertiary/aromatic N) is 1. The molecule has 0 radical (unpaired) electrons. The highest BCUT2D eigenvalue weighted by Gasteiger charge is 2.14. The topological polar surface area (TPSA) is 62.0 Å². The Balaban J connectivity index is 3.31. The first-order valence-corrected chi connectivity index (χ1v) is 5.71. The summed E-state index contributed by atoms with van der Waals surface area (Å²) < 4.78 is 6.28. The normalized spacial score (nSPS) is 10.9. The van der Waals surface area contributed by atoms with Gasteiger partial charge in [-0.1, -0.05) is 5.16 Å². The predicted octanol–water partition coefficient (Wildman–Crippen LogP) is 3.12. The van der Waals surface area contributed by atoms with E-state index in [-0.39, 0.29) is 5.75 Å². The van der Waals surface area contributed by atoms with Gasteiger partial charge in [0.25, 0.3) is 0 Å². The highest BCUT2D eigenvalue weighted by molar-refractivity contribution is 9.13. The molecule has 0 spiro atoms. The van der Waals surface area contributed by atoms with Gasteiger partial charge in [0.15, 0.2) is 11.5 Å². The summed E-state index contributed by atoms with van der Waals surface area (Å²) in [5.41, 5.74) is 0.602. The van der Waals surface area contributed by atoms with Gasteiger partial charge in [-0.3, -0.25) is 0 Å². The SMILES string of the molecule is CCOc1cc(C=NO)c(Br)c(Br)c1O. The first-order chi connectivity index (χ1) is 7.11. The van der Waals surface area contributed by atoms with Crippen LogP contribution in [0.2, 0.25) is 0 Å². The van der Waals surface area contributed by atoms with Gasteiger partial charge in [-0.05, 0) is 44.8 Å². The number of phenolic OH excluding ortho intramolecular Hbond substituents is 1. The first kappa shape index (κ1) is 12.3. The van der Waals surface area contributed by atoms with Gasteiger partial charge in [0.2, 0.25) is 0 Å². The van der Waals surface area contributed by atoms with Crippen LogP contribution in [0, 0.1) is 0 Å². The van der Waals surface area contributed by atoms with Gasteiger partial charge in [0.1, 0.15) is 0 Å². The van der Waals surface area contributed by atoms with Gasteiger partial charge < -0.3 is 15.1 Å². The van der Waals surface area contributed by atoms with E-state index >= 15 is 0 Å². The van der Waals surface area contributed by atoms with Crippen LogP contribution < -0.4 is 4.74 Å². The first-order valence-electron chi connectivity index (χ1n) is 4.13. The maximum atomic E-state index is 9.69. The molecule has 0 atom stereocenters. The number of halogens is 2. The number of benzene rings is 1. The van der Waals surface area contributed by atoms with Gasteiger partial charge in [0, 0.05) is 10.0 Å². The molecule has 0 fully saturated rings. The van der Waals surface area contributed by atoms with Crippen LogP contribution in [-0.2, 0) is 0 Å². The molecule has 0 heterocycles. The molecule has 0 unspecified atom stereocenters. The fraction of sp³-hybridized carbons (Fsp3) is 0.222. The van der Waals surface area contributed by atoms with Crippen molar-refractivity contribution in [3.8, 4) is 11.5 Å². The lowest BCUT2D eigenvalue weighted by Gasteiger charge is -2.10. The van der Waals surface area contributed by atoms with Gasteiger partial charge >= 0.3 is 0 Å². The number of hydrogen-bond acceptors (Lipinski definition) is 4. The fourth-order valence-corrected chi connectivity index (χ4v) is 1.86. The van der Waals surface area contributed by atoms with Crippen LogP contribution in [0.5, 0.6) is 11.5 Å². The molecule has 1 aromatic carbocycles. The average Bonchev–Trinajstić information content (AvgIpc) is 2.22. The summed E-state index contributed by atoms with van der Waals surface area (Å²) in [6.07, 6.45) is 1.25. The van der Waals surface area contributed by atoms with Crippen LogP contribution in [-0.4, -0.2) is 23.1 Å². The molecule has 0 saturated carbocycles. The van der Waals surface area contributed by atoms with Crippen LogP contribution in [0.15, 0.2) is 20.2 Å². The molecular weight excluding hydrogens is 330 g/mol. The zero-order chi connectivity index (χ0) is 11.4. The summed E-state index contributed by atoms with van der Waals surface area (Å²) in [6.45, 7) is 2.26. The van der Waals surface area contributed by atoms with Crippen molar-refractivity contribution in [1.29, 1.82) is 0 Å². The van der Waals surface area contributed by atoms with E-state index in [9.17, 15) is 5.11 Å². The lowest BCUT2D eigenvalue weighted by Crippen LogP contribution is -1.95. The van der Waals surface area contributed by atoms with E-state index in [0.717, 1.165) is 0 Å². The molecule has 2 N–H and O–H groups in total. The molecule has 0 aliphatic heterocycles. The van der Waals surface area contributed by atoms with Crippen LogP contribution in [0.25, 0.3) is 0 Å². The van der Waals surface area contributed by atoms with Crippen molar-refractivity contribution in [2.24, 2.45) is 5.16 Å². The zero-order valence-electron chi connectivity index (χ0n) is 7.87. The molecule has 0 amide bonds. The molecule has 0 saturated heterocycles. The minimum Gasteiger partial charge on any atom is -0.503 e. The van der Waals surface area contributed by atoms with E-state index in [4.69, 9.17) is 9.94 Å². The molecule has 0 aliphatic rings. The Labute approximate surface area is 104 Å². The van der Waals surface area contributed by atoms with Crippen molar-refractivity contribution in [3.63, 3.8) is 0 Å². The molecule has 1 aromatic rings. The molecule has 1 rings (SSSR count). The fourth-order valence-electron chi connectivity index (χ4n) is 1.03. The Hall–Kier alpha value is -0.750. The number of rotatable bonds is 3. The van der Waals surface area contributed by atoms with E-state index in [1.165, 1.54) is 6.21 Å². The predicted molar refractivity (Wildman–Crippen MR) is 64.1 cm³/mol. The van der Waals surface area contributed by atoms with Crippen molar-refractivity contribution < 1.29 is 15.1 Å². The van der Waals surface area contributed by atoms with Gasteiger partial charge in [-0.15, -0.1) is 0 Å². The summed E-state index contributed by atoms with van der Waals surface area (Å²) in [4.78, 5) is 0. The summed E-state index contributed by atoms with van der Waals surface area (Å²) in [5, 5.41) is 21.1. The second kappa shape index (κ2) is 5.37. The number of hydrogen-bond donors (Lipinski definition) is 2. The van der Waals surface area contributed by atoms with Crippen molar-refractivity contribution in [2.75, 3.05) is 6.61 Å². The second-order valence-corrected chi connectivity index (χ2v) is 4.20. The zero-order valence-corrected chi connectivity index (χ0v) is 11.0. The van der Waals surface area contributed by atoms with Crippen molar-refractivity contribution in [1.82, 2.24) is 0 Å². The van der Waals surface area contributed by atoms with Gasteiger partial charge in [0.05, 0.1) is 17.3 Å². The Morgan fingerprint density at radius 2 is 2.13 bits per heavy atom. The van der Waals surface area contributed by atoms with E-state index in [1.807, 2.05) is 6.92 Å². The average molecular weight is 339 g/mol. The minimum absolute atomic E-state index is 0.0128. The van der Waals surface area contributed by atoms with Crippen LogP contribution >= 0.6 is 31.9 Å². The van der Waals surface area contributed by atoms with E-state index < -0.39 is 0 Å². The third kappa shape index (κ3) is 2.63. The highest BCUT2D eigenvalue weighted by atomic mass is 79.9. The monoisotopic (exact) mass is 337 g/mol. The van der Waals surface area contributed by atoms with Crippen molar-refractivity contribution >= 4 is 38.1 Å². The molecular formula is C9H9Br2NO3. The van der Waals surface area contributed by atoms with E-state index in [2.05, 4.69) is 37.0 Å². The molecule has 0 aliphatic carbocycles. The Kier molecular flexibility index (Phi) is 4.41. The summed E-state index contributed by atoms with van der Waals surface area (Å²) in [5.74, 6) is 0.348. The van der Waals surface area contributed by atoms with E-state index in [0.29, 0.717) is 26.9 Å². The van der Waals surface area contributed by atoms with Gasteiger partial charge in [-0.2, -0.15) is 0 Å². The second-order valence-electron chi connectivity index (χ2n) is 2.62. The minimum atomic E-state index is 0.0128. The lowest BCUT2D eigenvalue weighted by atomic mass is 10.2. The molecule has 6 heteroatoms. The third-order valence-electron chi connectivity index (χ3n) is 1.67. The number of aromatic hydroxyl groups is 1. The largest absolute Gasteiger partial charge is 0.503 e. The maximum Gasteiger partial charge on any atom is 0.173 e. The summed E-state index contributed by atoms with van der Waals surface area (Å²) >= 11 is 6.45. The van der Waals surface area contributed by atoms with Gasteiger partial charge in [-0.25, -0.2) is 0 Å². The molecule has 82 valence electrons. The Bertz CT molecular complexity index is 393. The molecule has 15 heavy (non-hydrogen) atoms. The number of phenols is 1. The standard InChI is InChI=1S/C9H9Br2NO3/c1-2-15-6-3-5(4-12-14)7(10)8(11)9(6)13/h3-4,13-14H,2H2,1H3. The third-order valence-corrected chi connectivity index (χ3v) is 3.83. The quantitative estimate of drug-likeness (QED) is 0.505. The molecule has 0 bridgehead atoms. The summed E-state index contributed by atoms with van der Waals surface area (Å²) in [6, 6.07) is 1.58. The number of oxime groups is 1. The van der Waals surface area contributed by atoms with Crippen molar-refractivity contribution in [2.45, 2.75) is 6.92 Å². The maximum absolute atomic E-state index is 9.69. The van der Waals surface area contributed by atoms with Crippen LogP contribution in [0.3, 0.4) is 0 Å². The van der Waals surface area contributed by atoms with Crippen LogP contribution in [0.4, 0.5) is 0 Å². The van der Waals surface area contributed by atoms with Crippen LogP contribution in [0.1, 0.15) is 12.5 Å². The van der Waals surface area contributed by atoms with E-state index in [1.54, 1.807) is 6.07 Å². The Morgan fingerprint density at radius 3 is 2.67 bits per heavy atom. The lowest BCUT2D eigenvalue weighted by molar-refractivity contribution is 0.316. The highest BCUT2D eigenvalue weighted by Crippen LogP contribution is 2.41.